The first-order valence-corrected chi connectivity index (χ1v) is 8.36. The zero-order valence-corrected chi connectivity index (χ0v) is 14.1. The van der Waals surface area contributed by atoms with Crippen molar-refractivity contribution in [2.45, 2.75) is 38.3 Å². The van der Waals surface area contributed by atoms with Crippen LogP contribution in [0.2, 0.25) is 10.0 Å². The summed E-state index contributed by atoms with van der Waals surface area (Å²) in [6.07, 6.45) is 6.28. The van der Waals surface area contributed by atoms with E-state index in [0.717, 1.165) is 13.0 Å². The molecule has 2 heterocycles. The number of fused-ring (bicyclic) bond motifs is 1. The highest BCUT2D eigenvalue weighted by atomic mass is 35.5. The SMILES string of the molecule is CN1CCCC[C@H]1CCn1cnc2c(Cl)cc(Cl)cc2c1=O. The monoisotopic (exact) mass is 339 g/mol. The maximum Gasteiger partial charge on any atom is 0.261 e. The van der Waals surface area contributed by atoms with Crippen LogP contribution in [0.5, 0.6) is 0 Å². The van der Waals surface area contributed by atoms with E-state index in [-0.39, 0.29) is 5.56 Å². The lowest BCUT2D eigenvalue weighted by Gasteiger charge is -2.32. The van der Waals surface area contributed by atoms with Crippen LogP contribution in [0.25, 0.3) is 10.9 Å². The van der Waals surface area contributed by atoms with Gasteiger partial charge >= 0.3 is 0 Å². The molecule has 0 saturated carbocycles. The van der Waals surface area contributed by atoms with E-state index in [1.54, 1.807) is 23.0 Å². The lowest BCUT2D eigenvalue weighted by Crippen LogP contribution is -2.37. The summed E-state index contributed by atoms with van der Waals surface area (Å²) in [7, 11) is 2.16. The molecule has 1 saturated heterocycles. The fourth-order valence-corrected chi connectivity index (χ4v) is 3.69. The molecule has 118 valence electrons. The van der Waals surface area contributed by atoms with Crippen molar-refractivity contribution >= 4 is 34.1 Å². The Morgan fingerprint density at radius 1 is 1.32 bits per heavy atom. The van der Waals surface area contributed by atoms with E-state index < -0.39 is 0 Å². The molecule has 0 bridgehead atoms. The Bertz CT molecular complexity index is 744. The number of likely N-dealkylation sites (tertiary alicyclic amines) is 1. The van der Waals surface area contributed by atoms with Crippen molar-refractivity contribution in [3.05, 3.63) is 38.9 Å². The van der Waals surface area contributed by atoms with Gasteiger partial charge in [-0.05, 0) is 45.0 Å². The van der Waals surface area contributed by atoms with Gasteiger partial charge in [0.15, 0.2) is 0 Å². The van der Waals surface area contributed by atoms with Crippen molar-refractivity contribution in [3.8, 4) is 0 Å². The maximum atomic E-state index is 12.6. The fraction of sp³-hybridized carbons (Fsp3) is 0.500. The van der Waals surface area contributed by atoms with Crippen molar-refractivity contribution in [1.82, 2.24) is 14.5 Å². The van der Waals surface area contributed by atoms with Gasteiger partial charge in [-0.15, -0.1) is 0 Å². The molecule has 0 unspecified atom stereocenters. The van der Waals surface area contributed by atoms with Crippen molar-refractivity contribution in [3.63, 3.8) is 0 Å². The molecule has 0 N–H and O–H groups in total. The Hall–Kier alpha value is -1.10. The second-order valence-corrected chi connectivity index (χ2v) is 6.79. The molecule has 1 aromatic carbocycles. The number of rotatable bonds is 3. The Morgan fingerprint density at radius 2 is 2.14 bits per heavy atom. The second-order valence-electron chi connectivity index (χ2n) is 5.95. The van der Waals surface area contributed by atoms with Crippen LogP contribution >= 0.6 is 23.2 Å². The van der Waals surface area contributed by atoms with Crippen molar-refractivity contribution < 1.29 is 0 Å². The molecule has 4 nitrogen and oxygen atoms in total. The Kier molecular flexibility index (Phi) is 4.71. The molecule has 1 aromatic heterocycles. The quantitative estimate of drug-likeness (QED) is 0.857. The minimum absolute atomic E-state index is 0.0761. The summed E-state index contributed by atoms with van der Waals surface area (Å²) in [4.78, 5) is 19.3. The zero-order chi connectivity index (χ0) is 15.7. The highest BCUT2D eigenvalue weighted by Crippen LogP contribution is 2.24. The molecule has 1 atom stereocenters. The van der Waals surface area contributed by atoms with Gasteiger partial charge < -0.3 is 4.90 Å². The number of hydrogen-bond donors (Lipinski definition) is 0. The average molecular weight is 340 g/mol. The van der Waals surface area contributed by atoms with E-state index in [1.165, 1.54) is 19.3 Å². The van der Waals surface area contributed by atoms with Crippen LogP contribution < -0.4 is 5.56 Å². The smallest absolute Gasteiger partial charge is 0.261 e. The first-order chi connectivity index (χ1) is 10.6. The third-order valence-electron chi connectivity index (χ3n) is 4.47. The number of hydrogen-bond acceptors (Lipinski definition) is 3. The van der Waals surface area contributed by atoms with E-state index in [9.17, 15) is 4.79 Å². The molecule has 1 aliphatic rings. The topological polar surface area (TPSA) is 38.1 Å². The average Bonchev–Trinajstić information content (AvgIpc) is 2.49. The van der Waals surface area contributed by atoms with E-state index in [4.69, 9.17) is 23.2 Å². The van der Waals surface area contributed by atoms with E-state index in [2.05, 4.69) is 16.9 Å². The normalized spacial score (nSPS) is 19.7. The van der Waals surface area contributed by atoms with Crippen molar-refractivity contribution in [2.75, 3.05) is 13.6 Å². The zero-order valence-electron chi connectivity index (χ0n) is 12.6. The van der Waals surface area contributed by atoms with E-state index >= 15 is 0 Å². The number of benzene rings is 1. The molecular formula is C16H19Cl2N3O. The molecule has 0 radical (unpaired) electrons. The van der Waals surface area contributed by atoms with Crippen LogP contribution in [0.3, 0.4) is 0 Å². The number of nitrogens with zero attached hydrogens (tertiary/aromatic N) is 3. The van der Waals surface area contributed by atoms with Gasteiger partial charge in [-0.3, -0.25) is 9.36 Å². The Balaban J connectivity index is 1.85. The van der Waals surface area contributed by atoms with Gasteiger partial charge in [0.25, 0.3) is 5.56 Å². The molecule has 6 heteroatoms. The predicted molar refractivity (Wildman–Crippen MR) is 90.9 cm³/mol. The van der Waals surface area contributed by atoms with Crippen LogP contribution in [0.15, 0.2) is 23.3 Å². The van der Waals surface area contributed by atoms with Gasteiger partial charge in [0.05, 0.1) is 22.3 Å². The molecule has 0 spiro atoms. The molecule has 3 rings (SSSR count). The minimum Gasteiger partial charge on any atom is -0.303 e. The fourth-order valence-electron chi connectivity index (χ4n) is 3.15. The minimum atomic E-state index is -0.0761. The van der Waals surface area contributed by atoms with Gasteiger partial charge in [-0.1, -0.05) is 29.6 Å². The van der Waals surface area contributed by atoms with Crippen LogP contribution in [-0.4, -0.2) is 34.1 Å². The first kappa shape index (κ1) is 15.8. The largest absolute Gasteiger partial charge is 0.303 e. The predicted octanol–water partition coefficient (Wildman–Crippen LogP) is 3.58. The molecule has 22 heavy (non-hydrogen) atoms. The summed E-state index contributed by atoms with van der Waals surface area (Å²) in [5.74, 6) is 0. The van der Waals surface area contributed by atoms with Crippen LogP contribution in [-0.2, 0) is 6.54 Å². The van der Waals surface area contributed by atoms with Crippen LogP contribution in [0.4, 0.5) is 0 Å². The van der Waals surface area contributed by atoms with Gasteiger partial charge in [-0.25, -0.2) is 4.98 Å². The summed E-state index contributed by atoms with van der Waals surface area (Å²) < 4.78 is 1.66. The second kappa shape index (κ2) is 6.57. The third-order valence-corrected chi connectivity index (χ3v) is 4.98. The lowest BCUT2D eigenvalue weighted by molar-refractivity contribution is 0.170. The summed E-state index contributed by atoms with van der Waals surface area (Å²) in [6, 6.07) is 3.79. The highest BCUT2D eigenvalue weighted by Gasteiger charge is 2.19. The number of aryl methyl sites for hydroxylation is 1. The maximum absolute atomic E-state index is 12.6. The summed E-state index contributed by atoms with van der Waals surface area (Å²) in [5, 5.41) is 1.36. The van der Waals surface area contributed by atoms with Gasteiger partial charge in [-0.2, -0.15) is 0 Å². The molecular weight excluding hydrogens is 321 g/mol. The van der Waals surface area contributed by atoms with Crippen LogP contribution in [0.1, 0.15) is 25.7 Å². The molecule has 0 aliphatic carbocycles. The van der Waals surface area contributed by atoms with Gasteiger partial charge in [0.2, 0.25) is 0 Å². The molecule has 0 amide bonds. The lowest BCUT2D eigenvalue weighted by atomic mass is 10.0. The summed E-state index contributed by atoms with van der Waals surface area (Å²) in [5.41, 5.74) is 0.440. The van der Waals surface area contributed by atoms with Crippen molar-refractivity contribution in [2.24, 2.45) is 0 Å². The van der Waals surface area contributed by atoms with Gasteiger partial charge in [0.1, 0.15) is 0 Å². The Morgan fingerprint density at radius 3 is 2.91 bits per heavy atom. The standard InChI is InChI=1S/C16H19Cl2N3O/c1-20-6-3-2-4-12(20)5-7-21-10-19-15-13(16(21)22)8-11(17)9-14(15)18/h8-10,12H,2-7H2,1H3/t12-/m0/s1. The number of aromatic nitrogens is 2. The summed E-state index contributed by atoms with van der Waals surface area (Å²) in [6.45, 7) is 1.81. The van der Waals surface area contributed by atoms with E-state index in [0.29, 0.717) is 33.5 Å². The number of halogens is 2. The summed E-state index contributed by atoms with van der Waals surface area (Å²) >= 11 is 12.1. The molecule has 2 aromatic rings. The third kappa shape index (κ3) is 3.14. The Labute approximate surface area is 139 Å². The van der Waals surface area contributed by atoms with Crippen LogP contribution in [0, 0.1) is 0 Å². The first-order valence-electron chi connectivity index (χ1n) is 7.60. The highest BCUT2D eigenvalue weighted by molar-refractivity contribution is 6.38. The van der Waals surface area contributed by atoms with E-state index in [1.807, 2.05) is 0 Å². The molecule has 1 aliphatic heterocycles. The molecule has 1 fully saturated rings. The van der Waals surface area contributed by atoms with Gasteiger partial charge in [0, 0.05) is 17.6 Å². The van der Waals surface area contributed by atoms with Crippen molar-refractivity contribution in [1.29, 1.82) is 0 Å². The number of piperidine rings is 1.